The number of ether oxygens (including phenoxy) is 1. The molecule has 2 aromatic carbocycles. The summed E-state index contributed by atoms with van der Waals surface area (Å²) >= 11 is 0. The number of urea groups is 1. The smallest absolute Gasteiger partial charge is 0.321 e. The Kier molecular flexibility index (Phi) is 7.54. The molecule has 1 fully saturated rings. The maximum absolute atomic E-state index is 13.5. The molecule has 9 heteroatoms. The zero-order valence-electron chi connectivity index (χ0n) is 19.2. The second-order valence-corrected chi connectivity index (χ2v) is 8.36. The molecule has 1 saturated heterocycles. The molecule has 1 aliphatic heterocycles. The van der Waals surface area contributed by atoms with E-state index in [1.807, 2.05) is 36.4 Å². The van der Waals surface area contributed by atoms with Gasteiger partial charge in [0.2, 0.25) is 5.91 Å². The Hall–Kier alpha value is -3.72. The van der Waals surface area contributed by atoms with E-state index in [2.05, 4.69) is 15.3 Å². The van der Waals surface area contributed by atoms with Gasteiger partial charge in [-0.2, -0.15) is 0 Å². The number of piperidine rings is 1. The number of rotatable bonds is 7. The van der Waals surface area contributed by atoms with Crippen molar-refractivity contribution in [3.05, 3.63) is 70.8 Å². The lowest BCUT2D eigenvalue weighted by Gasteiger charge is -2.35. The number of para-hydroxylation sites is 2. The van der Waals surface area contributed by atoms with Gasteiger partial charge in [-0.05, 0) is 37.1 Å². The summed E-state index contributed by atoms with van der Waals surface area (Å²) in [6, 6.07) is 16.1. The maximum atomic E-state index is 13.5. The van der Waals surface area contributed by atoms with Crippen LogP contribution in [-0.4, -0.2) is 65.1 Å². The molecule has 1 atom stereocenters. The SMILES string of the molecule is COCCN(Cc1nc2ccccc2c(=O)[nH]1)C(=O)C1CCCN(C(=O)Nc2ccccc2)C1. The van der Waals surface area contributed by atoms with Crippen LogP contribution in [-0.2, 0) is 16.1 Å². The van der Waals surface area contributed by atoms with Crippen molar-refractivity contribution in [3.8, 4) is 0 Å². The number of aromatic amines is 1. The zero-order chi connectivity index (χ0) is 23.9. The molecule has 1 unspecified atom stereocenters. The monoisotopic (exact) mass is 463 g/mol. The molecule has 0 spiro atoms. The minimum atomic E-state index is -0.334. The van der Waals surface area contributed by atoms with E-state index >= 15 is 0 Å². The fraction of sp³-hybridized carbons (Fsp3) is 0.360. The summed E-state index contributed by atoms with van der Waals surface area (Å²) in [4.78, 5) is 49.4. The first kappa shape index (κ1) is 23.4. The first-order valence-electron chi connectivity index (χ1n) is 11.4. The Morgan fingerprint density at radius 3 is 2.74 bits per heavy atom. The minimum Gasteiger partial charge on any atom is -0.383 e. The van der Waals surface area contributed by atoms with E-state index in [0.717, 1.165) is 6.42 Å². The predicted molar refractivity (Wildman–Crippen MR) is 129 cm³/mol. The fourth-order valence-corrected chi connectivity index (χ4v) is 4.20. The number of likely N-dealkylation sites (tertiary alicyclic amines) is 1. The van der Waals surface area contributed by atoms with E-state index < -0.39 is 0 Å². The fourth-order valence-electron chi connectivity index (χ4n) is 4.20. The molecule has 2 N–H and O–H groups in total. The molecule has 34 heavy (non-hydrogen) atoms. The van der Waals surface area contributed by atoms with Crippen molar-refractivity contribution < 1.29 is 14.3 Å². The van der Waals surface area contributed by atoms with Crippen molar-refractivity contribution in [1.82, 2.24) is 19.8 Å². The lowest BCUT2D eigenvalue weighted by Crippen LogP contribution is -2.48. The Balaban J connectivity index is 1.47. The van der Waals surface area contributed by atoms with Gasteiger partial charge in [0, 0.05) is 32.4 Å². The molecular weight excluding hydrogens is 434 g/mol. The van der Waals surface area contributed by atoms with Crippen LogP contribution in [0, 0.1) is 5.92 Å². The highest BCUT2D eigenvalue weighted by atomic mass is 16.5. The molecule has 9 nitrogen and oxygen atoms in total. The molecule has 3 aromatic rings. The normalized spacial score (nSPS) is 15.8. The minimum absolute atomic E-state index is 0.0786. The number of nitrogens with one attached hydrogen (secondary N) is 2. The van der Waals surface area contributed by atoms with Gasteiger partial charge < -0.3 is 24.8 Å². The quantitative estimate of drug-likeness (QED) is 0.560. The summed E-state index contributed by atoms with van der Waals surface area (Å²) in [5.74, 6) is 0.00650. The van der Waals surface area contributed by atoms with Crippen molar-refractivity contribution in [1.29, 1.82) is 0 Å². The molecule has 178 valence electrons. The highest BCUT2D eigenvalue weighted by Crippen LogP contribution is 2.21. The van der Waals surface area contributed by atoms with Crippen LogP contribution in [0.5, 0.6) is 0 Å². The number of H-pyrrole nitrogens is 1. The second kappa shape index (κ2) is 10.9. The van der Waals surface area contributed by atoms with Crippen LogP contribution in [0.4, 0.5) is 10.5 Å². The Labute approximate surface area is 197 Å². The zero-order valence-corrected chi connectivity index (χ0v) is 19.2. The maximum Gasteiger partial charge on any atom is 0.321 e. The van der Waals surface area contributed by atoms with Gasteiger partial charge in [-0.15, -0.1) is 0 Å². The number of benzene rings is 2. The van der Waals surface area contributed by atoms with Gasteiger partial charge in [-0.1, -0.05) is 30.3 Å². The Morgan fingerprint density at radius 1 is 1.18 bits per heavy atom. The van der Waals surface area contributed by atoms with Crippen molar-refractivity contribution in [2.45, 2.75) is 19.4 Å². The van der Waals surface area contributed by atoms with E-state index in [4.69, 9.17) is 4.74 Å². The van der Waals surface area contributed by atoms with Gasteiger partial charge >= 0.3 is 6.03 Å². The van der Waals surface area contributed by atoms with Gasteiger partial charge in [0.05, 0.1) is 30.0 Å². The molecule has 0 aliphatic carbocycles. The average Bonchev–Trinajstić information content (AvgIpc) is 2.87. The highest BCUT2D eigenvalue weighted by Gasteiger charge is 2.31. The molecular formula is C25H29N5O4. The summed E-state index contributed by atoms with van der Waals surface area (Å²) in [6.07, 6.45) is 1.43. The highest BCUT2D eigenvalue weighted by molar-refractivity contribution is 5.90. The number of nitrogens with zero attached hydrogens (tertiary/aromatic N) is 3. The van der Waals surface area contributed by atoms with Crippen LogP contribution in [0.3, 0.4) is 0 Å². The molecule has 0 bridgehead atoms. The second-order valence-electron chi connectivity index (χ2n) is 8.36. The number of hydrogen-bond acceptors (Lipinski definition) is 5. The number of fused-ring (bicyclic) bond motifs is 1. The molecule has 0 radical (unpaired) electrons. The molecule has 1 aliphatic rings. The van der Waals surface area contributed by atoms with Crippen molar-refractivity contribution in [2.75, 3.05) is 38.7 Å². The third-order valence-corrected chi connectivity index (χ3v) is 5.96. The van der Waals surface area contributed by atoms with Crippen molar-refractivity contribution in [3.63, 3.8) is 0 Å². The van der Waals surface area contributed by atoms with E-state index in [1.54, 1.807) is 35.1 Å². The van der Waals surface area contributed by atoms with Crippen LogP contribution in [0.15, 0.2) is 59.4 Å². The molecule has 1 aromatic heterocycles. The van der Waals surface area contributed by atoms with E-state index in [9.17, 15) is 14.4 Å². The number of hydrogen-bond donors (Lipinski definition) is 2. The number of carbonyl (C=O) groups is 2. The lowest BCUT2D eigenvalue weighted by molar-refractivity contribution is -0.138. The van der Waals surface area contributed by atoms with Crippen LogP contribution < -0.4 is 10.9 Å². The summed E-state index contributed by atoms with van der Waals surface area (Å²) in [7, 11) is 1.58. The Bertz CT molecular complexity index is 1200. The van der Waals surface area contributed by atoms with Crippen LogP contribution in [0.25, 0.3) is 10.9 Å². The van der Waals surface area contributed by atoms with Gasteiger partial charge in [0.15, 0.2) is 0 Å². The summed E-state index contributed by atoms with van der Waals surface area (Å²) < 4.78 is 5.21. The number of aromatic nitrogens is 2. The van der Waals surface area contributed by atoms with Gasteiger partial charge in [0.25, 0.3) is 5.56 Å². The largest absolute Gasteiger partial charge is 0.383 e. The van der Waals surface area contributed by atoms with Crippen LogP contribution in [0.1, 0.15) is 18.7 Å². The third-order valence-electron chi connectivity index (χ3n) is 5.96. The third kappa shape index (κ3) is 5.60. The molecule has 3 amide bonds. The van der Waals surface area contributed by atoms with Crippen LogP contribution in [0.2, 0.25) is 0 Å². The Morgan fingerprint density at radius 2 is 1.94 bits per heavy atom. The molecule has 0 saturated carbocycles. The van der Waals surface area contributed by atoms with E-state index in [1.165, 1.54) is 0 Å². The van der Waals surface area contributed by atoms with Gasteiger partial charge in [0.1, 0.15) is 5.82 Å². The van der Waals surface area contributed by atoms with Crippen molar-refractivity contribution in [2.24, 2.45) is 5.92 Å². The van der Waals surface area contributed by atoms with E-state index in [-0.39, 0.29) is 30.0 Å². The first-order chi connectivity index (χ1) is 16.5. The average molecular weight is 464 g/mol. The number of carbonyl (C=O) groups excluding carboxylic acids is 2. The van der Waals surface area contributed by atoms with Gasteiger partial charge in [-0.25, -0.2) is 9.78 Å². The first-order valence-corrected chi connectivity index (χ1v) is 11.4. The number of amides is 3. The molecule has 4 rings (SSSR count). The standard InChI is InChI=1S/C25H29N5O4/c1-34-15-14-29(17-22-27-21-12-6-5-11-20(21)23(31)28-22)24(32)18-8-7-13-30(16-18)25(33)26-19-9-3-2-4-10-19/h2-6,9-12,18H,7-8,13-17H2,1H3,(H,26,33)(H,27,28,31). The summed E-state index contributed by atoms with van der Waals surface area (Å²) in [6.45, 7) is 1.81. The number of methoxy groups -OCH3 is 1. The van der Waals surface area contributed by atoms with Gasteiger partial charge in [-0.3, -0.25) is 9.59 Å². The lowest BCUT2D eigenvalue weighted by atomic mass is 9.96. The summed E-state index contributed by atoms with van der Waals surface area (Å²) in [5, 5.41) is 3.40. The van der Waals surface area contributed by atoms with Crippen LogP contribution >= 0.6 is 0 Å². The topological polar surface area (TPSA) is 108 Å². The molecule has 2 heterocycles. The van der Waals surface area contributed by atoms with Crippen molar-refractivity contribution >= 4 is 28.5 Å². The predicted octanol–water partition coefficient (Wildman–Crippen LogP) is 2.84. The number of anilines is 1. The summed E-state index contributed by atoms with van der Waals surface area (Å²) in [5.41, 5.74) is 1.07. The van der Waals surface area contributed by atoms with E-state index in [0.29, 0.717) is 55.1 Å².